The van der Waals surface area contributed by atoms with Crippen LogP contribution in [0.1, 0.15) is 17.5 Å². The molecule has 1 fully saturated rings. The van der Waals surface area contributed by atoms with E-state index in [0.717, 1.165) is 12.1 Å². The average Bonchev–Trinajstić information content (AvgIpc) is 2.56. The molecule has 0 bridgehead atoms. The van der Waals surface area contributed by atoms with Gasteiger partial charge >= 0.3 is 6.18 Å². The predicted octanol–water partition coefficient (Wildman–Crippen LogP) is 2.14. The number of benzene rings is 1. The van der Waals surface area contributed by atoms with E-state index in [2.05, 4.69) is 5.32 Å². The van der Waals surface area contributed by atoms with Crippen LogP contribution in [-0.4, -0.2) is 11.8 Å². The molecule has 0 spiro atoms. The molecule has 94 valence electrons. The van der Waals surface area contributed by atoms with Crippen molar-refractivity contribution in [2.45, 2.75) is 12.6 Å². The normalized spacial score (nSPS) is 18.3. The number of halogens is 3. The molecule has 0 radical (unpaired) electrons. The summed E-state index contributed by atoms with van der Waals surface area (Å²) in [6, 6.07) is 4.58. The second-order valence-corrected chi connectivity index (χ2v) is 3.85. The Balaban J connectivity index is 2.33. The van der Waals surface area contributed by atoms with Gasteiger partial charge in [-0.2, -0.15) is 13.2 Å². The smallest absolute Gasteiger partial charge is 0.292 e. The topological polar surface area (TPSA) is 46.2 Å². The molecule has 0 unspecified atom stereocenters. The van der Waals surface area contributed by atoms with E-state index in [0.29, 0.717) is 0 Å². The molecule has 0 aliphatic carbocycles. The van der Waals surface area contributed by atoms with Gasteiger partial charge in [0.25, 0.3) is 5.91 Å². The van der Waals surface area contributed by atoms with Crippen LogP contribution in [-0.2, 0) is 15.8 Å². The van der Waals surface area contributed by atoms with Gasteiger partial charge < -0.3 is 0 Å². The molecule has 2 amide bonds. The summed E-state index contributed by atoms with van der Waals surface area (Å²) in [6.45, 7) is 0. The fourth-order valence-corrected chi connectivity index (χ4v) is 1.63. The highest BCUT2D eigenvalue weighted by Crippen LogP contribution is 2.30. The number of nitrogens with one attached hydrogen (secondary N) is 1. The van der Waals surface area contributed by atoms with Crippen LogP contribution in [0, 0.1) is 0 Å². The summed E-state index contributed by atoms with van der Waals surface area (Å²) >= 11 is 0. The summed E-state index contributed by atoms with van der Waals surface area (Å²) < 4.78 is 37.4. The van der Waals surface area contributed by atoms with Crippen molar-refractivity contribution in [3.63, 3.8) is 0 Å². The molecular weight excluding hydrogens is 247 g/mol. The van der Waals surface area contributed by atoms with E-state index in [1.807, 2.05) is 0 Å². The molecule has 0 saturated carbocycles. The Bertz CT molecular complexity index is 546. The van der Waals surface area contributed by atoms with Crippen LogP contribution in [0.4, 0.5) is 13.2 Å². The molecule has 3 nitrogen and oxygen atoms in total. The van der Waals surface area contributed by atoms with Gasteiger partial charge in [0.1, 0.15) is 0 Å². The predicted molar refractivity (Wildman–Crippen MR) is 57.2 cm³/mol. The second kappa shape index (κ2) is 4.29. The van der Waals surface area contributed by atoms with Gasteiger partial charge in [-0.25, -0.2) is 0 Å². The van der Waals surface area contributed by atoms with E-state index >= 15 is 0 Å². The lowest BCUT2D eigenvalue weighted by molar-refractivity contribution is -0.137. The first-order chi connectivity index (χ1) is 8.36. The lowest BCUT2D eigenvalue weighted by atomic mass is 10.1. The zero-order valence-corrected chi connectivity index (χ0v) is 9.04. The van der Waals surface area contributed by atoms with Gasteiger partial charge in [-0.1, -0.05) is 12.1 Å². The molecule has 0 aromatic heterocycles. The van der Waals surface area contributed by atoms with Gasteiger partial charge in [-0.05, 0) is 23.8 Å². The van der Waals surface area contributed by atoms with Gasteiger partial charge in [0.15, 0.2) is 0 Å². The van der Waals surface area contributed by atoms with Crippen LogP contribution in [0.3, 0.4) is 0 Å². The van der Waals surface area contributed by atoms with Crippen molar-refractivity contribution in [3.05, 3.63) is 41.0 Å². The maximum atomic E-state index is 12.5. The van der Waals surface area contributed by atoms with Crippen molar-refractivity contribution in [2.24, 2.45) is 0 Å². The molecule has 2 rings (SSSR count). The van der Waals surface area contributed by atoms with Crippen molar-refractivity contribution in [2.75, 3.05) is 0 Å². The van der Waals surface area contributed by atoms with Gasteiger partial charge in [0, 0.05) is 5.57 Å². The molecule has 1 aromatic rings. The summed E-state index contributed by atoms with van der Waals surface area (Å²) in [5, 5.41) is 2.06. The molecule has 1 aliphatic rings. The summed E-state index contributed by atoms with van der Waals surface area (Å²) in [5.74, 6) is -1.00. The minimum Gasteiger partial charge on any atom is -0.292 e. The van der Waals surface area contributed by atoms with Gasteiger partial charge in [-0.3, -0.25) is 14.9 Å². The van der Waals surface area contributed by atoms with Crippen molar-refractivity contribution >= 4 is 17.9 Å². The molecule has 18 heavy (non-hydrogen) atoms. The Morgan fingerprint density at radius 3 is 2.50 bits per heavy atom. The first-order valence-electron chi connectivity index (χ1n) is 5.08. The van der Waals surface area contributed by atoms with E-state index in [-0.39, 0.29) is 17.6 Å². The van der Waals surface area contributed by atoms with Gasteiger partial charge in [0.2, 0.25) is 5.91 Å². The van der Waals surface area contributed by atoms with Crippen LogP contribution in [0.2, 0.25) is 0 Å². The average molecular weight is 255 g/mol. The monoisotopic (exact) mass is 255 g/mol. The highest BCUT2D eigenvalue weighted by atomic mass is 19.4. The largest absolute Gasteiger partial charge is 0.416 e. The highest BCUT2D eigenvalue weighted by molar-refractivity contribution is 6.15. The number of hydrogen-bond acceptors (Lipinski definition) is 2. The summed E-state index contributed by atoms with van der Waals surface area (Å²) in [6.07, 6.45) is -3.24. The van der Waals surface area contributed by atoms with Gasteiger partial charge in [-0.15, -0.1) is 0 Å². The fraction of sp³-hybridized carbons (Fsp3) is 0.167. The summed E-state index contributed by atoms with van der Waals surface area (Å²) in [5.41, 5.74) is -0.384. The molecular formula is C12H8F3NO2. The van der Waals surface area contributed by atoms with Gasteiger partial charge in [0.05, 0.1) is 12.0 Å². The molecule has 1 heterocycles. The van der Waals surface area contributed by atoms with E-state index in [1.165, 1.54) is 18.2 Å². The lowest BCUT2D eigenvalue weighted by Gasteiger charge is -2.06. The molecule has 0 atom stereocenters. The van der Waals surface area contributed by atoms with E-state index < -0.39 is 23.6 Å². The standard InChI is InChI=1S/C12H8F3NO2/c13-12(14,15)9-3-1-2-7(5-9)4-8-6-10(17)16-11(8)18/h1-5H,6H2,(H,16,17,18). The maximum absolute atomic E-state index is 12.5. The second-order valence-electron chi connectivity index (χ2n) is 3.85. The van der Waals surface area contributed by atoms with Crippen LogP contribution in [0.25, 0.3) is 6.08 Å². The minimum absolute atomic E-state index is 0.102. The number of carbonyl (C=O) groups is 2. The molecule has 1 aliphatic heterocycles. The van der Waals surface area contributed by atoms with Crippen LogP contribution < -0.4 is 5.32 Å². The molecule has 1 saturated heterocycles. The Kier molecular flexibility index (Phi) is 2.94. The highest BCUT2D eigenvalue weighted by Gasteiger charge is 2.30. The Morgan fingerprint density at radius 1 is 1.22 bits per heavy atom. The zero-order chi connectivity index (χ0) is 13.3. The van der Waals surface area contributed by atoms with Crippen LogP contribution >= 0.6 is 0 Å². The van der Waals surface area contributed by atoms with E-state index in [9.17, 15) is 22.8 Å². The van der Waals surface area contributed by atoms with E-state index in [4.69, 9.17) is 0 Å². The Morgan fingerprint density at radius 2 is 1.94 bits per heavy atom. The Labute approximate surface area is 100 Å². The third kappa shape index (κ3) is 2.58. The maximum Gasteiger partial charge on any atom is 0.416 e. The molecule has 6 heteroatoms. The van der Waals surface area contributed by atoms with Crippen molar-refractivity contribution in [1.29, 1.82) is 0 Å². The quantitative estimate of drug-likeness (QED) is 0.617. The third-order valence-corrected chi connectivity index (χ3v) is 2.45. The SMILES string of the molecule is O=C1CC(=Cc2cccc(C(F)(F)F)c2)C(=O)N1. The van der Waals surface area contributed by atoms with Crippen LogP contribution in [0.15, 0.2) is 29.8 Å². The number of amides is 2. The van der Waals surface area contributed by atoms with Crippen molar-refractivity contribution in [1.82, 2.24) is 5.32 Å². The number of carbonyl (C=O) groups excluding carboxylic acids is 2. The lowest BCUT2D eigenvalue weighted by Crippen LogP contribution is -2.19. The summed E-state index contributed by atoms with van der Waals surface area (Å²) in [4.78, 5) is 22.2. The van der Waals surface area contributed by atoms with Crippen molar-refractivity contribution in [3.8, 4) is 0 Å². The first kappa shape index (κ1) is 12.3. The first-order valence-corrected chi connectivity index (χ1v) is 5.08. The van der Waals surface area contributed by atoms with Crippen molar-refractivity contribution < 1.29 is 22.8 Å². The number of hydrogen-bond donors (Lipinski definition) is 1. The number of alkyl halides is 3. The molecule has 1 aromatic carbocycles. The number of rotatable bonds is 1. The van der Waals surface area contributed by atoms with Crippen LogP contribution in [0.5, 0.6) is 0 Å². The third-order valence-electron chi connectivity index (χ3n) is 2.45. The molecule has 1 N–H and O–H groups in total. The summed E-state index contributed by atoms with van der Waals surface area (Å²) in [7, 11) is 0. The Hall–Kier alpha value is -2.11. The fourth-order valence-electron chi connectivity index (χ4n) is 1.63. The number of imide groups is 1. The van der Waals surface area contributed by atoms with E-state index in [1.54, 1.807) is 0 Å². The minimum atomic E-state index is -4.43. The zero-order valence-electron chi connectivity index (χ0n) is 9.04.